The minimum atomic E-state index is -0.579. The lowest BCUT2D eigenvalue weighted by atomic mass is 10.2. The van der Waals surface area contributed by atoms with Gasteiger partial charge in [-0.3, -0.25) is 25.2 Å². The molecule has 0 saturated heterocycles. The van der Waals surface area contributed by atoms with E-state index in [1.807, 2.05) is 0 Å². The molecule has 0 atom stereocenters. The predicted octanol–water partition coefficient (Wildman–Crippen LogP) is 3.19. The van der Waals surface area contributed by atoms with E-state index in [-0.39, 0.29) is 12.3 Å². The van der Waals surface area contributed by atoms with E-state index in [1.54, 1.807) is 30.3 Å². The molecule has 2 rings (SSSR count). The highest BCUT2D eigenvalue weighted by atomic mass is 79.9. The lowest BCUT2D eigenvalue weighted by Crippen LogP contribution is -2.46. The van der Waals surface area contributed by atoms with Crippen LogP contribution in [0.4, 0.5) is 0 Å². The lowest BCUT2D eigenvalue weighted by molar-refractivity contribution is -0.120. The number of hydrogen-bond acceptors (Lipinski definition) is 5. The minimum Gasteiger partial charge on any atom is -0.494 e. The predicted molar refractivity (Wildman–Crippen MR) is 110 cm³/mol. The maximum absolute atomic E-state index is 12.1. The largest absolute Gasteiger partial charge is 0.494 e. The van der Waals surface area contributed by atoms with Gasteiger partial charge in [0.15, 0.2) is 10.4 Å². The number of rotatable bonds is 10. The normalized spacial score (nSPS) is 10.3. The summed E-state index contributed by atoms with van der Waals surface area (Å²) in [6.45, 7) is 2.48. The molecule has 0 aliphatic carbocycles. The van der Waals surface area contributed by atoms with Crippen LogP contribution >= 0.6 is 15.9 Å². The van der Waals surface area contributed by atoms with E-state index in [1.165, 1.54) is 18.9 Å². The fraction of sp³-hybridized carbons (Fsp3) is 0.350. The third kappa shape index (κ3) is 7.98. The van der Waals surface area contributed by atoms with Crippen LogP contribution < -0.4 is 20.9 Å². The summed E-state index contributed by atoms with van der Waals surface area (Å²) >= 11 is 3.09. The number of ether oxygens (including phenoxy) is 1. The molecule has 0 aliphatic rings. The standard InChI is InChI=1S/C20H24BrN3O5/c1-2-3-4-5-12-28-15-8-6-14(7-9-15)19(26)24-23-18(25)13-22-20(27)16-10-11-17(21)29-16/h6-11H,2-5,12-13H2,1H3,(H,22,27)(H,23,25)(H,24,26). The van der Waals surface area contributed by atoms with Gasteiger partial charge in [-0.1, -0.05) is 26.2 Å². The Morgan fingerprint density at radius 2 is 1.72 bits per heavy atom. The molecule has 1 aromatic carbocycles. The van der Waals surface area contributed by atoms with Crippen LogP contribution in [0.1, 0.15) is 53.5 Å². The summed E-state index contributed by atoms with van der Waals surface area (Å²) in [6, 6.07) is 9.67. The van der Waals surface area contributed by atoms with E-state index in [0.29, 0.717) is 22.6 Å². The van der Waals surface area contributed by atoms with Crippen LogP contribution in [0.2, 0.25) is 0 Å². The Balaban J connectivity index is 1.68. The highest BCUT2D eigenvalue weighted by Crippen LogP contribution is 2.14. The van der Waals surface area contributed by atoms with E-state index in [9.17, 15) is 14.4 Å². The van der Waals surface area contributed by atoms with Crippen LogP contribution in [0, 0.1) is 0 Å². The Kier molecular flexibility index (Phi) is 9.23. The molecule has 0 aliphatic heterocycles. The number of unbranched alkanes of at least 4 members (excludes halogenated alkanes) is 3. The topological polar surface area (TPSA) is 110 Å². The summed E-state index contributed by atoms with van der Waals surface area (Å²) in [5.41, 5.74) is 4.90. The molecule has 0 spiro atoms. The van der Waals surface area contributed by atoms with E-state index >= 15 is 0 Å². The van der Waals surface area contributed by atoms with Gasteiger partial charge in [0.25, 0.3) is 17.7 Å². The number of hydrazine groups is 1. The van der Waals surface area contributed by atoms with Crippen LogP contribution in [0.5, 0.6) is 5.75 Å². The Morgan fingerprint density at radius 3 is 2.38 bits per heavy atom. The second kappa shape index (κ2) is 11.9. The second-order valence-electron chi connectivity index (χ2n) is 6.22. The quantitative estimate of drug-likeness (QED) is 0.368. The summed E-state index contributed by atoms with van der Waals surface area (Å²) in [5, 5.41) is 2.38. The van der Waals surface area contributed by atoms with Crippen molar-refractivity contribution in [1.82, 2.24) is 16.2 Å². The summed E-state index contributed by atoms with van der Waals surface area (Å²) < 4.78 is 11.1. The van der Waals surface area contributed by atoms with Crippen molar-refractivity contribution < 1.29 is 23.5 Å². The highest BCUT2D eigenvalue weighted by molar-refractivity contribution is 9.10. The zero-order valence-corrected chi connectivity index (χ0v) is 17.7. The van der Waals surface area contributed by atoms with Crippen molar-refractivity contribution in [3.63, 3.8) is 0 Å². The van der Waals surface area contributed by atoms with Crippen LogP contribution in [-0.2, 0) is 4.79 Å². The average Bonchev–Trinajstić information content (AvgIpc) is 3.17. The number of benzene rings is 1. The van der Waals surface area contributed by atoms with Crippen LogP contribution in [0.15, 0.2) is 45.5 Å². The van der Waals surface area contributed by atoms with Gasteiger partial charge in [0.05, 0.1) is 13.2 Å². The van der Waals surface area contributed by atoms with Gasteiger partial charge >= 0.3 is 0 Å². The van der Waals surface area contributed by atoms with Crippen LogP contribution in [0.3, 0.4) is 0 Å². The van der Waals surface area contributed by atoms with E-state index in [0.717, 1.165) is 12.8 Å². The Labute approximate surface area is 177 Å². The SMILES string of the molecule is CCCCCCOc1ccc(C(=O)NNC(=O)CNC(=O)c2ccc(Br)o2)cc1. The first kappa shape index (κ1) is 22.5. The Morgan fingerprint density at radius 1 is 0.966 bits per heavy atom. The molecule has 0 radical (unpaired) electrons. The van der Waals surface area contributed by atoms with Crippen molar-refractivity contribution in [3.8, 4) is 5.75 Å². The Hall–Kier alpha value is -2.81. The van der Waals surface area contributed by atoms with Gasteiger partial charge in [0, 0.05) is 5.56 Å². The minimum absolute atomic E-state index is 0.0707. The molecular weight excluding hydrogens is 442 g/mol. The van der Waals surface area contributed by atoms with Crippen molar-refractivity contribution in [2.45, 2.75) is 32.6 Å². The van der Waals surface area contributed by atoms with Crippen molar-refractivity contribution in [1.29, 1.82) is 0 Å². The second-order valence-corrected chi connectivity index (χ2v) is 7.00. The molecule has 0 unspecified atom stereocenters. The third-order valence-corrected chi connectivity index (χ3v) is 4.33. The molecule has 0 saturated carbocycles. The number of furan rings is 1. The number of amides is 3. The zero-order chi connectivity index (χ0) is 21.1. The molecule has 3 N–H and O–H groups in total. The number of carbonyl (C=O) groups is 3. The molecule has 0 fully saturated rings. The first-order chi connectivity index (χ1) is 14.0. The monoisotopic (exact) mass is 465 g/mol. The molecular formula is C20H24BrN3O5. The molecule has 9 heteroatoms. The average molecular weight is 466 g/mol. The van der Waals surface area contributed by atoms with Crippen molar-refractivity contribution >= 4 is 33.7 Å². The number of hydrogen-bond donors (Lipinski definition) is 3. The van der Waals surface area contributed by atoms with E-state index < -0.39 is 17.7 Å². The van der Waals surface area contributed by atoms with Gasteiger partial charge in [-0.05, 0) is 58.7 Å². The smallest absolute Gasteiger partial charge is 0.287 e. The molecule has 156 valence electrons. The van der Waals surface area contributed by atoms with Crippen molar-refractivity contribution in [3.05, 3.63) is 52.4 Å². The summed E-state index contributed by atoms with van der Waals surface area (Å²) in [5.74, 6) is -0.836. The first-order valence-electron chi connectivity index (χ1n) is 9.35. The summed E-state index contributed by atoms with van der Waals surface area (Å²) in [6.07, 6.45) is 4.50. The van der Waals surface area contributed by atoms with Crippen molar-refractivity contribution in [2.75, 3.05) is 13.2 Å². The highest BCUT2D eigenvalue weighted by Gasteiger charge is 2.12. The number of halogens is 1. The Bertz CT molecular complexity index is 820. The van der Waals surface area contributed by atoms with Gasteiger partial charge in [-0.25, -0.2) is 0 Å². The molecule has 2 aromatic rings. The molecule has 0 bridgehead atoms. The maximum atomic E-state index is 12.1. The number of carbonyl (C=O) groups excluding carboxylic acids is 3. The molecule has 3 amide bonds. The van der Waals surface area contributed by atoms with Gasteiger partial charge in [-0.2, -0.15) is 0 Å². The zero-order valence-electron chi connectivity index (χ0n) is 16.1. The summed E-state index contributed by atoms with van der Waals surface area (Å²) in [4.78, 5) is 35.6. The number of nitrogens with one attached hydrogen (secondary N) is 3. The fourth-order valence-electron chi connectivity index (χ4n) is 2.35. The van der Waals surface area contributed by atoms with Crippen molar-refractivity contribution in [2.24, 2.45) is 0 Å². The molecule has 1 heterocycles. The van der Waals surface area contributed by atoms with Gasteiger partial charge in [-0.15, -0.1) is 0 Å². The van der Waals surface area contributed by atoms with Gasteiger partial charge in [0.2, 0.25) is 0 Å². The fourth-order valence-corrected chi connectivity index (χ4v) is 2.65. The van der Waals surface area contributed by atoms with E-state index in [4.69, 9.17) is 9.15 Å². The maximum Gasteiger partial charge on any atom is 0.287 e. The van der Waals surface area contributed by atoms with E-state index in [2.05, 4.69) is 39.0 Å². The molecule has 8 nitrogen and oxygen atoms in total. The molecule has 1 aromatic heterocycles. The van der Waals surface area contributed by atoms with Crippen LogP contribution in [-0.4, -0.2) is 30.9 Å². The van der Waals surface area contributed by atoms with Gasteiger partial charge < -0.3 is 14.5 Å². The third-order valence-electron chi connectivity index (χ3n) is 3.91. The lowest BCUT2D eigenvalue weighted by Gasteiger charge is -2.09. The first-order valence-corrected chi connectivity index (χ1v) is 10.1. The van der Waals surface area contributed by atoms with Gasteiger partial charge in [0.1, 0.15) is 5.75 Å². The molecule has 29 heavy (non-hydrogen) atoms. The summed E-state index contributed by atoms with van der Waals surface area (Å²) in [7, 11) is 0. The van der Waals surface area contributed by atoms with Crippen LogP contribution in [0.25, 0.3) is 0 Å².